The van der Waals surface area contributed by atoms with E-state index in [1.54, 1.807) is 32.0 Å². The molecule has 0 aliphatic carbocycles. The highest BCUT2D eigenvalue weighted by atomic mass is 19.1. The van der Waals surface area contributed by atoms with Gasteiger partial charge in [-0.15, -0.1) is 0 Å². The van der Waals surface area contributed by atoms with Crippen LogP contribution in [0.3, 0.4) is 0 Å². The van der Waals surface area contributed by atoms with E-state index in [2.05, 4.69) is 15.7 Å². The Morgan fingerprint density at radius 1 is 1.00 bits per heavy atom. The predicted octanol–water partition coefficient (Wildman–Crippen LogP) is 3.43. The molecule has 0 unspecified atom stereocenters. The van der Waals surface area contributed by atoms with Gasteiger partial charge in [0.15, 0.2) is 0 Å². The van der Waals surface area contributed by atoms with E-state index < -0.39 is 40.0 Å². The lowest BCUT2D eigenvalue weighted by Gasteiger charge is -2.22. The standard InChI is InChI=1S/C33H37FN6O5/c1-18-21(20-14-25(34)24(27(15-20)45-7)16-36-17-33(3,4)31(35)43)10-8-11-22(18)23-12-9-13-26(19(23)2)37-29(41)28-30(42)39(5)32(44)40(6)38-28/h8-15,36H,16-17H2,1-7H3,(H2,35,43)(H,37,41). The molecule has 0 saturated heterocycles. The topological polar surface area (TPSA) is 150 Å². The molecule has 1 aromatic heterocycles. The molecule has 2 amide bonds. The molecule has 45 heavy (non-hydrogen) atoms. The van der Waals surface area contributed by atoms with E-state index in [0.717, 1.165) is 37.1 Å². The Morgan fingerprint density at radius 2 is 1.62 bits per heavy atom. The fourth-order valence-corrected chi connectivity index (χ4v) is 5.03. The van der Waals surface area contributed by atoms with Crippen LogP contribution < -0.4 is 32.4 Å². The predicted molar refractivity (Wildman–Crippen MR) is 171 cm³/mol. The van der Waals surface area contributed by atoms with Crippen LogP contribution in [0.1, 0.15) is 41.0 Å². The van der Waals surface area contributed by atoms with Gasteiger partial charge in [-0.25, -0.2) is 13.9 Å². The van der Waals surface area contributed by atoms with E-state index in [4.69, 9.17) is 10.5 Å². The minimum Gasteiger partial charge on any atom is -0.496 e. The minimum atomic E-state index is -0.799. The van der Waals surface area contributed by atoms with Gasteiger partial charge in [-0.1, -0.05) is 30.3 Å². The third kappa shape index (κ3) is 6.55. The Hall–Kier alpha value is -5.10. The number of ether oxygens (including phenoxy) is 1. The quantitative estimate of drug-likeness (QED) is 0.247. The fraction of sp³-hybridized carbons (Fsp3) is 0.303. The van der Waals surface area contributed by atoms with Gasteiger partial charge in [0.25, 0.3) is 11.5 Å². The Labute approximate surface area is 259 Å². The maximum Gasteiger partial charge on any atom is 0.346 e. The number of carbonyl (C=O) groups excluding carboxylic acids is 2. The SMILES string of the molecule is COc1cc(-c2cccc(-c3cccc(NC(=O)c4nn(C)c(=O)n(C)c4=O)c3C)c2C)cc(F)c1CNCC(C)(C)C(N)=O. The van der Waals surface area contributed by atoms with Gasteiger partial charge in [0, 0.05) is 38.4 Å². The highest BCUT2D eigenvalue weighted by Crippen LogP contribution is 2.37. The van der Waals surface area contributed by atoms with Crippen molar-refractivity contribution in [1.29, 1.82) is 0 Å². The van der Waals surface area contributed by atoms with Gasteiger partial charge in [0.1, 0.15) is 11.6 Å². The summed E-state index contributed by atoms with van der Waals surface area (Å²) in [6.07, 6.45) is 0. The normalized spacial score (nSPS) is 11.4. The van der Waals surface area contributed by atoms with Crippen molar-refractivity contribution < 1.29 is 18.7 Å². The van der Waals surface area contributed by atoms with E-state index in [-0.39, 0.29) is 13.1 Å². The number of methoxy groups -OCH3 is 1. The number of anilines is 1. The molecule has 0 aliphatic heterocycles. The van der Waals surface area contributed by atoms with Crippen molar-refractivity contribution >= 4 is 17.5 Å². The molecule has 11 nitrogen and oxygen atoms in total. The van der Waals surface area contributed by atoms with Crippen molar-refractivity contribution in [1.82, 2.24) is 19.7 Å². The molecule has 4 rings (SSSR count). The molecule has 4 N–H and O–H groups in total. The molecular formula is C33H37FN6O5. The number of nitrogens with two attached hydrogens (primary N) is 1. The first-order valence-corrected chi connectivity index (χ1v) is 14.2. The average Bonchev–Trinajstić information content (AvgIpc) is 2.99. The summed E-state index contributed by atoms with van der Waals surface area (Å²) in [7, 11) is 4.12. The van der Waals surface area contributed by atoms with Crippen molar-refractivity contribution in [2.24, 2.45) is 25.2 Å². The molecule has 0 radical (unpaired) electrons. The van der Waals surface area contributed by atoms with Gasteiger partial charge >= 0.3 is 5.69 Å². The number of aromatic nitrogens is 3. The highest BCUT2D eigenvalue weighted by molar-refractivity contribution is 6.03. The summed E-state index contributed by atoms with van der Waals surface area (Å²) in [5.41, 5.74) is 8.27. The molecular weight excluding hydrogens is 579 g/mol. The lowest BCUT2D eigenvalue weighted by Crippen LogP contribution is -2.43. The number of hydrogen-bond donors (Lipinski definition) is 3. The van der Waals surface area contributed by atoms with E-state index in [1.165, 1.54) is 27.3 Å². The minimum absolute atomic E-state index is 0.142. The second kappa shape index (κ2) is 12.9. The second-order valence-electron chi connectivity index (χ2n) is 11.5. The first kappa shape index (κ1) is 32.8. The number of carbonyl (C=O) groups is 2. The summed E-state index contributed by atoms with van der Waals surface area (Å²) in [6, 6.07) is 14.3. The number of aryl methyl sites for hydroxylation is 1. The maximum absolute atomic E-state index is 15.5. The Morgan fingerprint density at radius 3 is 2.27 bits per heavy atom. The van der Waals surface area contributed by atoms with Crippen LogP contribution in [0.25, 0.3) is 22.3 Å². The Balaban J connectivity index is 1.67. The van der Waals surface area contributed by atoms with Crippen molar-refractivity contribution in [2.75, 3.05) is 19.0 Å². The van der Waals surface area contributed by atoms with Gasteiger partial charge < -0.3 is 21.1 Å². The zero-order valence-electron chi connectivity index (χ0n) is 26.4. The van der Waals surface area contributed by atoms with Crippen LogP contribution >= 0.6 is 0 Å². The van der Waals surface area contributed by atoms with E-state index in [0.29, 0.717) is 22.6 Å². The summed E-state index contributed by atoms with van der Waals surface area (Å²) in [4.78, 5) is 49.2. The lowest BCUT2D eigenvalue weighted by atomic mass is 9.90. The van der Waals surface area contributed by atoms with Crippen LogP contribution in [-0.2, 0) is 25.4 Å². The van der Waals surface area contributed by atoms with E-state index >= 15 is 4.39 Å². The first-order chi connectivity index (χ1) is 21.2. The summed E-state index contributed by atoms with van der Waals surface area (Å²) in [6.45, 7) is 7.61. The van der Waals surface area contributed by atoms with Crippen molar-refractivity contribution in [3.05, 3.63) is 97.6 Å². The zero-order valence-corrected chi connectivity index (χ0v) is 26.4. The van der Waals surface area contributed by atoms with Gasteiger partial charge in [0.05, 0.1) is 12.5 Å². The van der Waals surface area contributed by atoms with Gasteiger partial charge in [-0.2, -0.15) is 5.10 Å². The first-order valence-electron chi connectivity index (χ1n) is 14.2. The Kier molecular flexibility index (Phi) is 9.38. The number of amides is 2. The average molecular weight is 617 g/mol. The molecule has 0 bridgehead atoms. The summed E-state index contributed by atoms with van der Waals surface area (Å²) >= 11 is 0. The third-order valence-corrected chi connectivity index (χ3v) is 7.96. The van der Waals surface area contributed by atoms with Gasteiger partial charge in [-0.3, -0.25) is 19.0 Å². The Bertz CT molecular complexity index is 1930. The molecule has 0 atom stereocenters. The zero-order chi connectivity index (χ0) is 33.2. The summed E-state index contributed by atoms with van der Waals surface area (Å²) in [5.74, 6) is -1.30. The molecule has 1 heterocycles. The number of nitrogens with one attached hydrogen (secondary N) is 2. The van der Waals surface area contributed by atoms with Crippen molar-refractivity contribution in [3.8, 4) is 28.0 Å². The largest absolute Gasteiger partial charge is 0.496 e. The summed E-state index contributed by atoms with van der Waals surface area (Å²) in [5, 5.41) is 9.70. The van der Waals surface area contributed by atoms with Crippen LogP contribution in [0.5, 0.6) is 5.75 Å². The molecule has 0 fully saturated rings. The maximum atomic E-state index is 15.5. The van der Waals surface area contributed by atoms with Crippen LogP contribution in [0.4, 0.5) is 10.1 Å². The number of halogens is 1. The molecule has 3 aromatic carbocycles. The van der Waals surface area contributed by atoms with Gasteiger partial charge in [-0.05, 0) is 79.3 Å². The smallest absolute Gasteiger partial charge is 0.346 e. The number of primary amides is 1. The molecule has 0 aliphatic rings. The molecule has 0 spiro atoms. The molecule has 4 aromatic rings. The fourth-order valence-electron chi connectivity index (χ4n) is 5.03. The van der Waals surface area contributed by atoms with E-state index in [9.17, 15) is 19.2 Å². The molecule has 0 saturated carbocycles. The summed E-state index contributed by atoms with van der Waals surface area (Å²) < 4.78 is 22.8. The van der Waals surface area contributed by atoms with Crippen LogP contribution in [-0.4, -0.2) is 39.8 Å². The van der Waals surface area contributed by atoms with Gasteiger partial charge in [0.2, 0.25) is 11.6 Å². The second-order valence-corrected chi connectivity index (χ2v) is 11.5. The number of rotatable bonds is 10. The van der Waals surface area contributed by atoms with E-state index in [1.807, 2.05) is 38.1 Å². The highest BCUT2D eigenvalue weighted by Gasteiger charge is 2.25. The van der Waals surface area contributed by atoms with Crippen LogP contribution in [0, 0.1) is 25.1 Å². The molecule has 236 valence electrons. The van der Waals surface area contributed by atoms with Crippen LogP contribution in [0.15, 0.2) is 58.1 Å². The number of benzene rings is 3. The van der Waals surface area contributed by atoms with Crippen molar-refractivity contribution in [3.63, 3.8) is 0 Å². The monoisotopic (exact) mass is 616 g/mol. The van der Waals surface area contributed by atoms with Crippen LogP contribution in [0.2, 0.25) is 0 Å². The molecule has 12 heteroatoms. The lowest BCUT2D eigenvalue weighted by molar-refractivity contribution is -0.125. The third-order valence-electron chi connectivity index (χ3n) is 7.96. The number of hydrogen-bond acceptors (Lipinski definition) is 7. The van der Waals surface area contributed by atoms with Crippen molar-refractivity contribution in [2.45, 2.75) is 34.2 Å². The number of nitrogens with zero attached hydrogens (tertiary/aromatic N) is 3.